The molecule has 0 radical (unpaired) electrons. The first-order valence-electron chi connectivity index (χ1n) is 7.91. The van der Waals surface area contributed by atoms with Crippen molar-refractivity contribution in [3.63, 3.8) is 0 Å². The van der Waals surface area contributed by atoms with E-state index in [4.69, 9.17) is 21.1 Å². The van der Waals surface area contributed by atoms with Gasteiger partial charge in [0.05, 0.1) is 26.0 Å². The van der Waals surface area contributed by atoms with Crippen LogP contribution in [0.4, 0.5) is 5.69 Å². The molecule has 132 valence electrons. The molecule has 1 aromatic rings. The second-order valence-corrected chi connectivity index (χ2v) is 6.09. The monoisotopic (exact) mass is 354 g/mol. The zero-order chi connectivity index (χ0) is 17.7. The van der Waals surface area contributed by atoms with Crippen molar-refractivity contribution in [1.82, 2.24) is 4.90 Å². The Balaban J connectivity index is 2.13. The van der Waals surface area contributed by atoms with E-state index < -0.39 is 0 Å². The number of rotatable bonds is 5. The van der Waals surface area contributed by atoms with Gasteiger partial charge >= 0.3 is 0 Å². The molecule has 1 aliphatic heterocycles. The van der Waals surface area contributed by atoms with E-state index in [9.17, 15) is 9.59 Å². The number of carbonyl (C=O) groups is 2. The molecule has 0 N–H and O–H groups in total. The number of carbonyl (C=O) groups excluding carboxylic acids is 2. The molecule has 7 heteroatoms. The third kappa shape index (κ3) is 4.39. The number of hydrogen-bond donors (Lipinski definition) is 0. The fourth-order valence-electron chi connectivity index (χ4n) is 2.65. The summed E-state index contributed by atoms with van der Waals surface area (Å²) in [5, 5.41) is 0.573. The number of benzene rings is 1. The summed E-state index contributed by atoms with van der Waals surface area (Å²) in [6, 6.07) is 3.49. The zero-order valence-electron chi connectivity index (χ0n) is 14.3. The van der Waals surface area contributed by atoms with Crippen LogP contribution in [0.25, 0.3) is 0 Å². The van der Waals surface area contributed by atoms with Crippen molar-refractivity contribution in [1.29, 1.82) is 0 Å². The molecular weight excluding hydrogens is 332 g/mol. The SMILES string of the molecule is COc1cc(Cl)c(C)cc1N(CCC(=O)N1CCOCC1)C(C)=O. The highest BCUT2D eigenvalue weighted by atomic mass is 35.5. The van der Waals surface area contributed by atoms with Gasteiger partial charge in [-0.3, -0.25) is 9.59 Å². The lowest BCUT2D eigenvalue weighted by molar-refractivity contribution is -0.135. The van der Waals surface area contributed by atoms with Gasteiger partial charge in [0.25, 0.3) is 0 Å². The zero-order valence-corrected chi connectivity index (χ0v) is 15.1. The maximum Gasteiger partial charge on any atom is 0.224 e. The number of anilines is 1. The molecule has 0 aromatic heterocycles. The number of amides is 2. The molecule has 2 rings (SSSR count). The van der Waals surface area contributed by atoms with Crippen LogP contribution >= 0.6 is 11.6 Å². The summed E-state index contributed by atoms with van der Waals surface area (Å²) < 4.78 is 10.6. The first-order chi connectivity index (χ1) is 11.4. The van der Waals surface area contributed by atoms with Crippen LogP contribution in [-0.2, 0) is 14.3 Å². The van der Waals surface area contributed by atoms with Gasteiger partial charge in [0.1, 0.15) is 5.75 Å². The number of halogens is 1. The minimum absolute atomic E-state index is 0.0224. The van der Waals surface area contributed by atoms with E-state index in [2.05, 4.69) is 0 Å². The van der Waals surface area contributed by atoms with E-state index in [-0.39, 0.29) is 18.2 Å². The van der Waals surface area contributed by atoms with Crippen molar-refractivity contribution < 1.29 is 19.1 Å². The molecule has 0 bridgehead atoms. The summed E-state index contributed by atoms with van der Waals surface area (Å²) in [5.74, 6) is 0.388. The Morgan fingerprint density at radius 1 is 1.33 bits per heavy atom. The van der Waals surface area contributed by atoms with Crippen LogP contribution in [0.3, 0.4) is 0 Å². The Hall–Kier alpha value is -1.79. The normalized spacial score (nSPS) is 14.4. The molecule has 0 spiro atoms. The quantitative estimate of drug-likeness (QED) is 0.813. The minimum atomic E-state index is -0.148. The molecule has 0 aliphatic carbocycles. The summed E-state index contributed by atoms with van der Waals surface area (Å²) in [4.78, 5) is 27.7. The van der Waals surface area contributed by atoms with E-state index >= 15 is 0 Å². The van der Waals surface area contributed by atoms with Crippen LogP contribution < -0.4 is 9.64 Å². The Morgan fingerprint density at radius 2 is 2.00 bits per heavy atom. The highest BCUT2D eigenvalue weighted by Gasteiger charge is 2.22. The van der Waals surface area contributed by atoms with Crippen LogP contribution in [0.2, 0.25) is 5.02 Å². The largest absolute Gasteiger partial charge is 0.495 e. The van der Waals surface area contributed by atoms with Crippen molar-refractivity contribution in [2.75, 3.05) is 44.9 Å². The maximum atomic E-state index is 12.3. The molecule has 1 aliphatic rings. The average Bonchev–Trinajstić information content (AvgIpc) is 2.58. The summed E-state index contributed by atoms with van der Waals surface area (Å²) in [6.45, 7) is 5.96. The maximum absolute atomic E-state index is 12.3. The van der Waals surface area contributed by atoms with E-state index in [1.54, 1.807) is 15.9 Å². The molecule has 2 amide bonds. The van der Waals surface area contributed by atoms with Gasteiger partial charge in [-0.15, -0.1) is 0 Å². The molecule has 1 aromatic carbocycles. The van der Waals surface area contributed by atoms with Crippen molar-refractivity contribution in [2.45, 2.75) is 20.3 Å². The molecular formula is C17H23ClN2O4. The fraction of sp³-hybridized carbons (Fsp3) is 0.529. The van der Waals surface area contributed by atoms with Crippen molar-refractivity contribution >= 4 is 29.1 Å². The highest BCUT2D eigenvalue weighted by molar-refractivity contribution is 6.31. The summed E-state index contributed by atoms with van der Waals surface area (Å²) >= 11 is 6.12. The van der Waals surface area contributed by atoms with Gasteiger partial charge in [-0.25, -0.2) is 0 Å². The van der Waals surface area contributed by atoms with Crippen molar-refractivity contribution in [3.05, 3.63) is 22.7 Å². The lowest BCUT2D eigenvalue weighted by atomic mass is 10.1. The fourth-order valence-corrected chi connectivity index (χ4v) is 2.80. The number of morpholine rings is 1. The van der Waals surface area contributed by atoms with Gasteiger partial charge in [-0.05, 0) is 18.6 Å². The van der Waals surface area contributed by atoms with Gasteiger partial charge in [0.15, 0.2) is 0 Å². The molecule has 1 heterocycles. The molecule has 0 atom stereocenters. The van der Waals surface area contributed by atoms with Gasteiger partial charge in [0.2, 0.25) is 11.8 Å². The predicted octanol–water partition coefficient (Wildman–Crippen LogP) is 2.26. The minimum Gasteiger partial charge on any atom is -0.495 e. The number of hydrogen-bond acceptors (Lipinski definition) is 4. The van der Waals surface area contributed by atoms with Crippen molar-refractivity contribution in [2.24, 2.45) is 0 Å². The van der Waals surface area contributed by atoms with Crippen molar-refractivity contribution in [3.8, 4) is 5.75 Å². The van der Waals surface area contributed by atoms with Gasteiger partial charge in [-0.1, -0.05) is 11.6 Å². The van der Waals surface area contributed by atoms with E-state index in [1.165, 1.54) is 14.0 Å². The smallest absolute Gasteiger partial charge is 0.224 e. The molecule has 0 saturated carbocycles. The Morgan fingerprint density at radius 3 is 2.58 bits per heavy atom. The number of methoxy groups -OCH3 is 1. The average molecular weight is 355 g/mol. The predicted molar refractivity (Wildman–Crippen MR) is 92.8 cm³/mol. The third-order valence-corrected chi connectivity index (χ3v) is 4.45. The van der Waals surface area contributed by atoms with Gasteiger partial charge in [-0.2, -0.15) is 0 Å². The van der Waals surface area contributed by atoms with E-state index in [0.717, 1.165) is 5.56 Å². The standard InChI is InChI=1S/C17H23ClN2O4/c1-12-10-15(16(23-3)11-14(12)18)20(13(2)21)5-4-17(22)19-6-8-24-9-7-19/h10-11H,4-9H2,1-3H3. The Kier molecular flexibility index (Phi) is 6.45. The first-order valence-corrected chi connectivity index (χ1v) is 8.29. The van der Waals surface area contributed by atoms with Crippen LogP contribution in [-0.4, -0.2) is 56.7 Å². The number of nitrogens with zero attached hydrogens (tertiary/aromatic N) is 2. The molecule has 24 heavy (non-hydrogen) atoms. The van der Waals surface area contributed by atoms with Gasteiger partial charge in [0, 0.05) is 44.1 Å². The first kappa shape index (κ1) is 18.5. The summed E-state index contributed by atoms with van der Waals surface area (Å²) in [5.41, 5.74) is 1.47. The lowest BCUT2D eigenvalue weighted by Crippen LogP contribution is -2.42. The summed E-state index contributed by atoms with van der Waals surface area (Å²) in [7, 11) is 1.53. The lowest BCUT2D eigenvalue weighted by Gasteiger charge is -2.29. The molecule has 0 unspecified atom stereocenters. The highest BCUT2D eigenvalue weighted by Crippen LogP contribution is 2.34. The second kappa shape index (κ2) is 8.35. The topological polar surface area (TPSA) is 59.1 Å². The Labute approximate surface area is 147 Å². The van der Waals surface area contributed by atoms with Crippen LogP contribution in [0.5, 0.6) is 5.75 Å². The van der Waals surface area contributed by atoms with E-state index in [1.807, 2.05) is 13.0 Å². The molecule has 1 saturated heterocycles. The summed E-state index contributed by atoms with van der Waals surface area (Å²) in [6.07, 6.45) is 0.254. The number of ether oxygens (including phenoxy) is 2. The van der Waals surface area contributed by atoms with Crippen LogP contribution in [0, 0.1) is 6.92 Å². The molecule has 1 fully saturated rings. The Bertz CT molecular complexity index is 615. The van der Waals surface area contributed by atoms with Gasteiger partial charge < -0.3 is 19.3 Å². The van der Waals surface area contributed by atoms with Crippen LogP contribution in [0.15, 0.2) is 12.1 Å². The molecule has 6 nitrogen and oxygen atoms in total. The number of aryl methyl sites for hydroxylation is 1. The van der Waals surface area contributed by atoms with Crippen LogP contribution in [0.1, 0.15) is 18.9 Å². The third-order valence-electron chi connectivity index (χ3n) is 4.04. The second-order valence-electron chi connectivity index (χ2n) is 5.69. The van der Waals surface area contributed by atoms with E-state index in [0.29, 0.717) is 49.3 Å².